The largest absolute Gasteiger partial charge is 0.487 e. The molecule has 2 aliphatic heterocycles. The molecule has 0 radical (unpaired) electrons. The van der Waals surface area contributed by atoms with E-state index in [0.29, 0.717) is 37.0 Å². The molecule has 1 saturated carbocycles. The molecule has 1 saturated heterocycles. The van der Waals surface area contributed by atoms with Gasteiger partial charge in [-0.2, -0.15) is 0 Å². The molecular formula is C38H45FN6O3. The zero-order valence-corrected chi connectivity index (χ0v) is 28.5. The molecule has 1 amide bonds. The van der Waals surface area contributed by atoms with Crippen LogP contribution in [-0.4, -0.2) is 66.5 Å². The van der Waals surface area contributed by atoms with Crippen molar-refractivity contribution in [3.8, 4) is 17.4 Å². The van der Waals surface area contributed by atoms with Crippen molar-refractivity contribution in [3.63, 3.8) is 0 Å². The fraction of sp³-hybridized carbons (Fsp3) is 0.474. The molecule has 3 aliphatic rings. The lowest BCUT2D eigenvalue weighted by Gasteiger charge is -2.44. The highest BCUT2D eigenvalue weighted by atomic mass is 19.1. The molecule has 10 heteroatoms. The number of carbonyl (C=O) groups is 1. The number of pyridine rings is 1. The number of nitrogens with zero attached hydrogens (tertiary/aromatic N) is 6. The maximum Gasteiger partial charge on any atom is 0.255 e. The summed E-state index contributed by atoms with van der Waals surface area (Å²) < 4.78 is 28.7. The summed E-state index contributed by atoms with van der Waals surface area (Å²) in [5.41, 5.74) is 4.46. The molecule has 0 unspecified atom stereocenters. The van der Waals surface area contributed by atoms with Crippen LogP contribution in [0.4, 0.5) is 4.39 Å². The average Bonchev–Trinajstić information content (AvgIpc) is 3.72. The van der Waals surface area contributed by atoms with Gasteiger partial charge >= 0.3 is 0 Å². The van der Waals surface area contributed by atoms with Crippen molar-refractivity contribution >= 4 is 5.91 Å². The predicted molar refractivity (Wildman–Crippen MR) is 181 cm³/mol. The SMILES string of the molecule is Cc1cc(Oc2ccc(C(=O)N3C[C@@H](C)N(Cc4cn([C@@H]5CC6(CCCC6)Oc6ccc(F)cc65)nn4)[C@@H](C)C3)cn2)ccc1C(C)C. The summed E-state index contributed by atoms with van der Waals surface area (Å²) in [4.78, 5) is 22.3. The molecular weight excluding hydrogens is 607 g/mol. The van der Waals surface area contributed by atoms with E-state index < -0.39 is 0 Å². The van der Waals surface area contributed by atoms with Crippen molar-refractivity contribution in [1.29, 1.82) is 0 Å². The van der Waals surface area contributed by atoms with E-state index in [1.807, 2.05) is 27.9 Å². The highest BCUT2D eigenvalue weighted by Gasteiger charge is 2.44. The van der Waals surface area contributed by atoms with Crippen LogP contribution < -0.4 is 9.47 Å². The zero-order valence-electron chi connectivity index (χ0n) is 28.5. The van der Waals surface area contributed by atoms with E-state index in [1.165, 1.54) is 17.2 Å². The Bertz CT molecular complexity index is 1770. The van der Waals surface area contributed by atoms with Crippen molar-refractivity contribution in [2.45, 2.75) is 103 Å². The van der Waals surface area contributed by atoms with Gasteiger partial charge < -0.3 is 14.4 Å². The van der Waals surface area contributed by atoms with Crippen molar-refractivity contribution in [1.82, 2.24) is 29.8 Å². The summed E-state index contributed by atoms with van der Waals surface area (Å²) in [7, 11) is 0. The minimum Gasteiger partial charge on any atom is -0.487 e. The number of hydrogen-bond donors (Lipinski definition) is 0. The number of amides is 1. The van der Waals surface area contributed by atoms with Crippen LogP contribution in [0.15, 0.2) is 60.9 Å². The van der Waals surface area contributed by atoms with Crippen molar-refractivity contribution < 1.29 is 18.7 Å². The lowest BCUT2D eigenvalue weighted by molar-refractivity contribution is 0.0263. The molecule has 7 rings (SSSR count). The second-order valence-electron chi connectivity index (χ2n) is 14.3. The first-order valence-corrected chi connectivity index (χ1v) is 17.3. The second-order valence-corrected chi connectivity index (χ2v) is 14.3. The normalized spacial score (nSPS) is 22.1. The first kappa shape index (κ1) is 32.2. The molecule has 252 valence electrons. The van der Waals surface area contributed by atoms with Gasteiger partial charge in [0.15, 0.2) is 0 Å². The van der Waals surface area contributed by atoms with Crippen LogP contribution >= 0.6 is 0 Å². The number of benzene rings is 2. The maximum atomic E-state index is 14.3. The first-order valence-electron chi connectivity index (χ1n) is 17.3. The Labute approximate surface area is 282 Å². The predicted octanol–water partition coefficient (Wildman–Crippen LogP) is 7.46. The molecule has 4 heterocycles. The van der Waals surface area contributed by atoms with E-state index >= 15 is 0 Å². The third kappa shape index (κ3) is 6.42. The van der Waals surface area contributed by atoms with Crippen LogP contribution in [0, 0.1) is 12.7 Å². The standard InChI is InChI=1S/C38H45FN6O3/c1-24(2)32-11-10-31(16-25(32)3)47-36-13-8-28(19-40-36)37(46)43-20-26(4)44(27(5)21-43)22-30-23-45(42-41-30)34-18-38(14-6-7-15-38)48-35-12-9-29(39)17-33(34)35/h8-13,16-17,19,23-24,26-27,34H,6-7,14-15,18,20-22H2,1-5H3/t26-,27+,34-/m1/s1. The summed E-state index contributed by atoms with van der Waals surface area (Å²) in [6, 6.07) is 14.5. The fourth-order valence-electron chi connectivity index (χ4n) is 7.96. The van der Waals surface area contributed by atoms with Gasteiger partial charge in [-0.25, -0.2) is 14.1 Å². The molecule has 2 aromatic heterocycles. The summed E-state index contributed by atoms with van der Waals surface area (Å²) in [5.74, 6) is 2.06. The van der Waals surface area contributed by atoms with E-state index in [-0.39, 0.29) is 35.5 Å². The Hall–Kier alpha value is -4.31. The van der Waals surface area contributed by atoms with Gasteiger partial charge in [0.25, 0.3) is 5.91 Å². The van der Waals surface area contributed by atoms with E-state index in [1.54, 1.807) is 30.5 Å². The van der Waals surface area contributed by atoms with Crippen molar-refractivity contribution in [3.05, 3.63) is 94.7 Å². The second kappa shape index (κ2) is 13.0. The number of rotatable bonds is 7. The van der Waals surface area contributed by atoms with E-state index in [0.717, 1.165) is 54.9 Å². The average molecular weight is 653 g/mol. The molecule has 2 aromatic carbocycles. The molecule has 4 aromatic rings. The number of ether oxygens (including phenoxy) is 2. The first-order chi connectivity index (χ1) is 23.1. The van der Waals surface area contributed by atoms with E-state index in [9.17, 15) is 9.18 Å². The van der Waals surface area contributed by atoms with Gasteiger partial charge in [-0.05, 0) is 99.9 Å². The fourth-order valence-corrected chi connectivity index (χ4v) is 7.96. The minimum atomic E-state index is -0.275. The third-order valence-electron chi connectivity index (χ3n) is 10.4. The van der Waals surface area contributed by atoms with Gasteiger partial charge in [0.2, 0.25) is 5.88 Å². The number of piperazine rings is 1. The van der Waals surface area contributed by atoms with Gasteiger partial charge in [0.1, 0.15) is 22.9 Å². The van der Waals surface area contributed by atoms with Crippen molar-refractivity contribution in [2.75, 3.05) is 13.1 Å². The van der Waals surface area contributed by atoms with Crippen LogP contribution in [0.5, 0.6) is 17.4 Å². The molecule has 1 spiro atoms. The Balaban J connectivity index is 0.991. The van der Waals surface area contributed by atoms with Crippen LogP contribution in [0.1, 0.15) is 105 Å². The minimum absolute atomic E-state index is 0.0401. The van der Waals surface area contributed by atoms with Gasteiger partial charge in [-0.1, -0.05) is 25.1 Å². The smallest absolute Gasteiger partial charge is 0.255 e. The molecule has 1 aliphatic carbocycles. The van der Waals surface area contributed by atoms with Crippen LogP contribution in [-0.2, 0) is 6.54 Å². The van der Waals surface area contributed by atoms with E-state index in [4.69, 9.17) is 9.47 Å². The number of fused-ring (bicyclic) bond motifs is 1. The lowest BCUT2D eigenvalue weighted by atomic mass is 9.86. The Morgan fingerprint density at radius 2 is 1.83 bits per heavy atom. The van der Waals surface area contributed by atoms with Gasteiger partial charge in [-0.3, -0.25) is 9.69 Å². The number of carbonyl (C=O) groups excluding carboxylic acids is 1. The van der Waals surface area contributed by atoms with Gasteiger partial charge in [-0.15, -0.1) is 5.10 Å². The number of halogens is 1. The molecule has 2 fully saturated rings. The Morgan fingerprint density at radius 3 is 2.52 bits per heavy atom. The molecule has 9 nitrogen and oxygen atoms in total. The van der Waals surface area contributed by atoms with Gasteiger partial charge in [0, 0.05) is 56.0 Å². The van der Waals surface area contributed by atoms with Crippen molar-refractivity contribution in [2.24, 2.45) is 0 Å². The zero-order chi connectivity index (χ0) is 33.6. The van der Waals surface area contributed by atoms with Crippen LogP contribution in [0.2, 0.25) is 0 Å². The monoisotopic (exact) mass is 652 g/mol. The Kier molecular flexibility index (Phi) is 8.70. The molecule has 0 N–H and O–H groups in total. The number of aryl methyl sites for hydroxylation is 1. The third-order valence-corrected chi connectivity index (χ3v) is 10.4. The number of hydrogen-bond acceptors (Lipinski definition) is 7. The quantitative estimate of drug-likeness (QED) is 0.205. The highest BCUT2D eigenvalue weighted by molar-refractivity contribution is 5.94. The summed E-state index contributed by atoms with van der Waals surface area (Å²) in [5, 5.41) is 9.11. The summed E-state index contributed by atoms with van der Waals surface area (Å²) in [6.07, 6.45) is 8.63. The lowest BCUT2D eigenvalue weighted by Crippen LogP contribution is -2.57. The summed E-state index contributed by atoms with van der Waals surface area (Å²) in [6.45, 7) is 12.5. The van der Waals surface area contributed by atoms with Crippen LogP contribution in [0.3, 0.4) is 0 Å². The Morgan fingerprint density at radius 1 is 1.06 bits per heavy atom. The van der Waals surface area contributed by atoms with E-state index in [2.05, 4.69) is 60.9 Å². The summed E-state index contributed by atoms with van der Waals surface area (Å²) >= 11 is 0. The molecule has 48 heavy (non-hydrogen) atoms. The highest BCUT2D eigenvalue weighted by Crippen LogP contribution is 2.48. The number of aromatic nitrogens is 4. The molecule has 3 atom stereocenters. The topological polar surface area (TPSA) is 85.6 Å². The molecule has 0 bridgehead atoms. The van der Waals surface area contributed by atoms with Gasteiger partial charge in [0.05, 0.1) is 23.5 Å². The van der Waals surface area contributed by atoms with Crippen LogP contribution in [0.25, 0.3) is 0 Å². The maximum absolute atomic E-state index is 14.3.